The number of rotatable bonds is 6. The van der Waals surface area contributed by atoms with Gasteiger partial charge in [-0.2, -0.15) is 10.1 Å². The number of anilines is 2. The monoisotopic (exact) mass is 359 g/mol. The molecule has 2 aromatic heterocycles. The Morgan fingerprint density at radius 1 is 1.07 bits per heavy atom. The molecular formula is C20H21N7. The standard InChI is InChI=1S/C20H21N7/c21-10-9-17(13-5-2-1-3-6-13)24-15-8-4-7-14(11-15)18-16-12-23-20(22)25-19(16)27-26-18/h1-8,11-12,17,24H,9-10,21H2,(H3,22,23,25,26,27). The number of aromatic nitrogens is 4. The number of H-pyrrole nitrogens is 1. The van der Waals surface area contributed by atoms with Crippen LogP contribution in [0.1, 0.15) is 18.0 Å². The smallest absolute Gasteiger partial charge is 0.222 e. The molecule has 0 aliphatic carbocycles. The lowest BCUT2D eigenvalue weighted by Gasteiger charge is -2.20. The summed E-state index contributed by atoms with van der Waals surface area (Å²) in [5.41, 5.74) is 16.1. The Kier molecular flexibility index (Phi) is 4.67. The average molecular weight is 359 g/mol. The molecule has 0 radical (unpaired) electrons. The minimum Gasteiger partial charge on any atom is -0.378 e. The van der Waals surface area contributed by atoms with Crippen LogP contribution in [0, 0.1) is 0 Å². The van der Waals surface area contributed by atoms with Crippen LogP contribution in [0.3, 0.4) is 0 Å². The van der Waals surface area contributed by atoms with E-state index in [2.05, 4.69) is 43.7 Å². The summed E-state index contributed by atoms with van der Waals surface area (Å²) in [6.45, 7) is 0.607. The van der Waals surface area contributed by atoms with Gasteiger partial charge in [-0.25, -0.2) is 4.98 Å². The Bertz CT molecular complexity index is 1040. The number of aromatic amines is 1. The van der Waals surface area contributed by atoms with Gasteiger partial charge >= 0.3 is 0 Å². The molecular weight excluding hydrogens is 338 g/mol. The van der Waals surface area contributed by atoms with E-state index in [0.717, 1.165) is 28.8 Å². The van der Waals surface area contributed by atoms with E-state index in [1.165, 1.54) is 5.56 Å². The van der Waals surface area contributed by atoms with E-state index >= 15 is 0 Å². The zero-order valence-corrected chi connectivity index (χ0v) is 14.8. The van der Waals surface area contributed by atoms with Gasteiger partial charge in [0, 0.05) is 17.4 Å². The summed E-state index contributed by atoms with van der Waals surface area (Å²) >= 11 is 0. The molecule has 1 atom stereocenters. The summed E-state index contributed by atoms with van der Waals surface area (Å²) in [6, 6.07) is 18.6. The van der Waals surface area contributed by atoms with E-state index in [4.69, 9.17) is 11.5 Å². The lowest BCUT2D eigenvalue weighted by molar-refractivity contribution is 0.704. The fourth-order valence-corrected chi connectivity index (χ4v) is 3.18. The van der Waals surface area contributed by atoms with Crippen molar-refractivity contribution in [3.05, 3.63) is 66.4 Å². The molecule has 0 aliphatic heterocycles. The van der Waals surface area contributed by atoms with E-state index < -0.39 is 0 Å². The molecule has 4 rings (SSSR count). The Balaban J connectivity index is 1.65. The summed E-state index contributed by atoms with van der Waals surface area (Å²) in [6.07, 6.45) is 2.53. The first-order chi connectivity index (χ1) is 13.2. The van der Waals surface area contributed by atoms with Crippen LogP contribution in [0.2, 0.25) is 0 Å². The number of benzene rings is 2. The number of fused-ring (bicyclic) bond motifs is 1. The van der Waals surface area contributed by atoms with Crippen LogP contribution in [0.4, 0.5) is 11.6 Å². The van der Waals surface area contributed by atoms with Gasteiger partial charge in [-0.05, 0) is 30.7 Å². The predicted octanol–water partition coefficient (Wildman–Crippen LogP) is 3.10. The minimum atomic E-state index is 0.146. The Labute approximate surface area is 156 Å². The summed E-state index contributed by atoms with van der Waals surface area (Å²) < 4.78 is 0. The van der Waals surface area contributed by atoms with E-state index in [-0.39, 0.29) is 12.0 Å². The third kappa shape index (κ3) is 3.58. The molecule has 4 aromatic rings. The van der Waals surface area contributed by atoms with Crippen LogP contribution in [-0.2, 0) is 0 Å². The topological polar surface area (TPSA) is 119 Å². The van der Waals surface area contributed by atoms with Crippen LogP contribution in [0.5, 0.6) is 0 Å². The second-order valence-electron chi connectivity index (χ2n) is 6.33. The molecule has 136 valence electrons. The fourth-order valence-electron chi connectivity index (χ4n) is 3.18. The zero-order valence-electron chi connectivity index (χ0n) is 14.8. The maximum atomic E-state index is 5.82. The fraction of sp³-hybridized carbons (Fsp3) is 0.150. The van der Waals surface area contributed by atoms with Crippen LogP contribution < -0.4 is 16.8 Å². The SMILES string of the molecule is NCCC(Nc1cccc(-c2[nH]nc3nc(N)ncc23)c1)c1ccccc1. The van der Waals surface area contributed by atoms with Crippen molar-refractivity contribution in [2.24, 2.45) is 5.73 Å². The van der Waals surface area contributed by atoms with Crippen molar-refractivity contribution >= 4 is 22.7 Å². The Morgan fingerprint density at radius 3 is 2.74 bits per heavy atom. The van der Waals surface area contributed by atoms with E-state index in [1.807, 2.05) is 36.4 Å². The summed E-state index contributed by atoms with van der Waals surface area (Å²) in [5.74, 6) is 0.212. The molecule has 2 heterocycles. The number of nitrogens with one attached hydrogen (secondary N) is 2. The number of hydrogen-bond donors (Lipinski definition) is 4. The summed E-state index contributed by atoms with van der Waals surface area (Å²) in [7, 11) is 0. The van der Waals surface area contributed by atoms with Crippen molar-refractivity contribution in [2.75, 3.05) is 17.6 Å². The van der Waals surface area contributed by atoms with Gasteiger partial charge < -0.3 is 16.8 Å². The zero-order chi connectivity index (χ0) is 18.6. The normalized spacial score (nSPS) is 12.2. The van der Waals surface area contributed by atoms with Gasteiger partial charge in [-0.15, -0.1) is 0 Å². The van der Waals surface area contributed by atoms with Gasteiger partial charge in [0.15, 0.2) is 5.65 Å². The Hall–Kier alpha value is -3.45. The van der Waals surface area contributed by atoms with E-state index in [9.17, 15) is 0 Å². The molecule has 2 aromatic carbocycles. The van der Waals surface area contributed by atoms with Crippen molar-refractivity contribution < 1.29 is 0 Å². The van der Waals surface area contributed by atoms with E-state index in [0.29, 0.717) is 12.2 Å². The number of nitrogens with zero attached hydrogens (tertiary/aromatic N) is 3. The van der Waals surface area contributed by atoms with Crippen LogP contribution in [-0.4, -0.2) is 26.7 Å². The van der Waals surface area contributed by atoms with Gasteiger partial charge in [0.05, 0.1) is 17.1 Å². The quantitative estimate of drug-likeness (QED) is 0.420. The highest BCUT2D eigenvalue weighted by atomic mass is 15.2. The molecule has 0 amide bonds. The highest BCUT2D eigenvalue weighted by molar-refractivity contribution is 5.91. The van der Waals surface area contributed by atoms with E-state index in [1.54, 1.807) is 6.20 Å². The van der Waals surface area contributed by atoms with Gasteiger partial charge in [0.2, 0.25) is 5.95 Å². The Morgan fingerprint density at radius 2 is 1.93 bits per heavy atom. The molecule has 0 bridgehead atoms. The maximum absolute atomic E-state index is 5.82. The number of nitrogen functional groups attached to an aromatic ring is 1. The lowest BCUT2D eigenvalue weighted by Crippen LogP contribution is -2.15. The molecule has 0 spiro atoms. The largest absolute Gasteiger partial charge is 0.378 e. The number of hydrogen-bond acceptors (Lipinski definition) is 6. The molecule has 6 N–H and O–H groups in total. The van der Waals surface area contributed by atoms with Gasteiger partial charge in [-0.3, -0.25) is 5.10 Å². The molecule has 7 nitrogen and oxygen atoms in total. The average Bonchev–Trinajstić information content (AvgIpc) is 3.11. The van der Waals surface area contributed by atoms with Gasteiger partial charge in [-0.1, -0.05) is 42.5 Å². The highest BCUT2D eigenvalue weighted by Crippen LogP contribution is 2.29. The van der Waals surface area contributed by atoms with Crippen LogP contribution in [0.25, 0.3) is 22.3 Å². The molecule has 0 fully saturated rings. The number of nitrogens with two attached hydrogens (primary N) is 2. The van der Waals surface area contributed by atoms with Crippen molar-refractivity contribution in [3.8, 4) is 11.3 Å². The summed E-state index contributed by atoms with van der Waals surface area (Å²) in [4.78, 5) is 8.23. The third-order valence-electron chi connectivity index (χ3n) is 4.48. The van der Waals surface area contributed by atoms with Crippen molar-refractivity contribution in [1.29, 1.82) is 0 Å². The first kappa shape index (κ1) is 17.0. The van der Waals surface area contributed by atoms with Gasteiger partial charge in [0.25, 0.3) is 0 Å². The molecule has 0 saturated heterocycles. The molecule has 7 heteroatoms. The first-order valence-corrected chi connectivity index (χ1v) is 8.83. The molecule has 0 saturated carbocycles. The second-order valence-corrected chi connectivity index (χ2v) is 6.33. The van der Waals surface area contributed by atoms with Crippen LogP contribution >= 0.6 is 0 Å². The molecule has 1 unspecified atom stereocenters. The maximum Gasteiger partial charge on any atom is 0.222 e. The van der Waals surface area contributed by atoms with Gasteiger partial charge in [0.1, 0.15) is 0 Å². The first-order valence-electron chi connectivity index (χ1n) is 8.83. The minimum absolute atomic E-state index is 0.146. The lowest BCUT2D eigenvalue weighted by atomic mass is 10.0. The highest BCUT2D eigenvalue weighted by Gasteiger charge is 2.13. The second kappa shape index (κ2) is 7.43. The van der Waals surface area contributed by atoms with Crippen molar-refractivity contribution in [3.63, 3.8) is 0 Å². The van der Waals surface area contributed by atoms with Crippen LogP contribution in [0.15, 0.2) is 60.8 Å². The molecule has 0 aliphatic rings. The van der Waals surface area contributed by atoms with Crippen molar-refractivity contribution in [1.82, 2.24) is 20.2 Å². The third-order valence-corrected chi connectivity index (χ3v) is 4.48. The van der Waals surface area contributed by atoms with Crippen molar-refractivity contribution in [2.45, 2.75) is 12.5 Å². The predicted molar refractivity (Wildman–Crippen MR) is 108 cm³/mol. The summed E-state index contributed by atoms with van der Waals surface area (Å²) in [5, 5.41) is 11.7. The molecule has 27 heavy (non-hydrogen) atoms.